The van der Waals surface area contributed by atoms with Gasteiger partial charge in [-0.2, -0.15) is 0 Å². The highest BCUT2D eigenvalue weighted by atomic mass is 16.4. The van der Waals surface area contributed by atoms with E-state index in [2.05, 4.69) is 15.6 Å². The smallest absolute Gasteiger partial charge is 0.331 e. The van der Waals surface area contributed by atoms with Crippen molar-refractivity contribution in [3.63, 3.8) is 0 Å². The number of nitrogens with zero attached hydrogens (tertiary/aromatic N) is 1. The van der Waals surface area contributed by atoms with Crippen molar-refractivity contribution in [2.45, 2.75) is 85.6 Å². The number of carbonyl (C=O) groups is 2. The molecule has 1 amide bonds. The molecule has 0 aromatic carbocycles. The second-order valence-corrected chi connectivity index (χ2v) is 8.48. The van der Waals surface area contributed by atoms with Crippen LogP contribution in [-0.2, 0) is 9.59 Å². The number of hydrogen-bond donors (Lipinski definition) is 3. The lowest BCUT2D eigenvalue weighted by molar-refractivity contribution is -0.133. The maximum atomic E-state index is 12.3. The van der Waals surface area contributed by atoms with Gasteiger partial charge in [-0.05, 0) is 57.5 Å². The molecule has 1 unspecified atom stereocenters. The quantitative estimate of drug-likeness (QED) is 0.572. The zero-order valence-electron chi connectivity index (χ0n) is 18.5. The molecule has 3 N–H and O–H groups in total. The molecule has 2 aliphatic heterocycles. The van der Waals surface area contributed by atoms with Crippen LogP contribution in [0.2, 0.25) is 0 Å². The number of rotatable bonds is 7. The van der Waals surface area contributed by atoms with Crippen LogP contribution in [0.5, 0.6) is 0 Å². The summed E-state index contributed by atoms with van der Waals surface area (Å²) in [6, 6.07) is 0. The highest BCUT2D eigenvalue weighted by molar-refractivity contribution is 6.17. The third-order valence-corrected chi connectivity index (χ3v) is 5.56. The first-order chi connectivity index (χ1) is 13.1. The van der Waals surface area contributed by atoms with Crippen LogP contribution in [0.3, 0.4) is 0 Å². The Kier molecular flexibility index (Phi) is 9.87. The monoisotopic (exact) mass is 393 g/mol. The summed E-state index contributed by atoms with van der Waals surface area (Å²) in [4.78, 5) is 28.5. The Hall–Kier alpha value is -1.69. The van der Waals surface area contributed by atoms with Gasteiger partial charge in [0.1, 0.15) is 11.4 Å². The summed E-state index contributed by atoms with van der Waals surface area (Å²) in [6.07, 6.45) is 6.44. The first-order valence-corrected chi connectivity index (χ1v) is 10.7. The van der Waals surface area contributed by atoms with Crippen molar-refractivity contribution in [2.75, 3.05) is 13.1 Å². The SMILES string of the molecule is C1CCNCC1.CCCCC(C(=O)O)=C(C1=NC(C)(C(C)C)C(=O)N1)C(C)C. The van der Waals surface area contributed by atoms with E-state index >= 15 is 0 Å². The van der Waals surface area contributed by atoms with Crippen molar-refractivity contribution in [1.82, 2.24) is 10.6 Å². The van der Waals surface area contributed by atoms with Gasteiger partial charge in [0.15, 0.2) is 0 Å². The lowest BCUT2D eigenvalue weighted by atomic mass is 9.89. The maximum Gasteiger partial charge on any atom is 0.331 e. The average molecular weight is 394 g/mol. The molecule has 2 rings (SSSR count). The predicted octanol–water partition coefficient (Wildman–Crippen LogP) is 3.92. The van der Waals surface area contributed by atoms with Gasteiger partial charge < -0.3 is 15.7 Å². The predicted molar refractivity (Wildman–Crippen MR) is 115 cm³/mol. The Morgan fingerprint density at radius 3 is 2.11 bits per heavy atom. The van der Waals surface area contributed by atoms with Gasteiger partial charge in [0.25, 0.3) is 5.91 Å². The van der Waals surface area contributed by atoms with E-state index in [4.69, 9.17) is 0 Å². The van der Waals surface area contributed by atoms with Gasteiger partial charge in [0.2, 0.25) is 0 Å². The molecule has 1 atom stereocenters. The van der Waals surface area contributed by atoms with Crippen LogP contribution in [0, 0.1) is 11.8 Å². The minimum Gasteiger partial charge on any atom is -0.478 e. The first kappa shape index (κ1) is 24.3. The molecule has 0 bridgehead atoms. The molecule has 1 saturated heterocycles. The van der Waals surface area contributed by atoms with Crippen molar-refractivity contribution in [3.8, 4) is 0 Å². The fraction of sp³-hybridized carbons (Fsp3) is 0.773. The lowest BCUT2D eigenvalue weighted by Crippen LogP contribution is -2.41. The summed E-state index contributed by atoms with van der Waals surface area (Å²) in [5, 5.41) is 15.7. The fourth-order valence-electron chi connectivity index (χ4n) is 3.34. The van der Waals surface area contributed by atoms with E-state index in [0.29, 0.717) is 23.4 Å². The van der Waals surface area contributed by atoms with E-state index in [1.54, 1.807) is 6.92 Å². The number of hydrogen-bond acceptors (Lipinski definition) is 4. The molecular formula is C22H39N3O3. The van der Waals surface area contributed by atoms with E-state index in [-0.39, 0.29) is 17.7 Å². The van der Waals surface area contributed by atoms with E-state index in [9.17, 15) is 14.7 Å². The maximum absolute atomic E-state index is 12.3. The Morgan fingerprint density at radius 1 is 1.18 bits per heavy atom. The lowest BCUT2D eigenvalue weighted by Gasteiger charge is -2.21. The molecular weight excluding hydrogens is 354 g/mol. The normalized spacial score (nSPS) is 23.0. The van der Waals surface area contributed by atoms with Crippen LogP contribution < -0.4 is 10.6 Å². The van der Waals surface area contributed by atoms with E-state index in [1.165, 1.54) is 32.4 Å². The molecule has 0 aliphatic carbocycles. The summed E-state index contributed by atoms with van der Waals surface area (Å²) in [7, 11) is 0. The summed E-state index contributed by atoms with van der Waals surface area (Å²) >= 11 is 0. The van der Waals surface area contributed by atoms with Crippen LogP contribution >= 0.6 is 0 Å². The van der Waals surface area contributed by atoms with E-state index in [0.717, 1.165) is 12.8 Å². The van der Waals surface area contributed by atoms with Gasteiger partial charge in [-0.3, -0.25) is 9.79 Å². The fourth-order valence-corrected chi connectivity index (χ4v) is 3.34. The van der Waals surface area contributed by atoms with Gasteiger partial charge in [-0.25, -0.2) is 4.79 Å². The number of nitrogens with one attached hydrogen (secondary N) is 2. The van der Waals surface area contributed by atoms with Gasteiger partial charge in [-0.15, -0.1) is 0 Å². The van der Waals surface area contributed by atoms with Gasteiger partial charge in [-0.1, -0.05) is 47.5 Å². The van der Waals surface area contributed by atoms with Crippen LogP contribution in [0.4, 0.5) is 0 Å². The van der Waals surface area contributed by atoms with Gasteiger partial charge in [0.05, 0.1) is 0 Å². The third-order valence-electron chi connectivity index (χ3n) is 5.56. The van der Waals surface area contributed by atoms with Crippen molar-refractivity contribution < 1.29 is 14.7 Å². The molecule has 0 aromatic rings. The molecule has 160 valence electrons. The van der Waals surface area contributed by atoms with Crippen molar-refractivity contribution in [2.24, 2.45) is 16.8 Å². The molecule has 6 nitrogen and oxygen atoms in total. The van der Waals surface area contributed by atoms with Crippen LogP contribution in [0.15, 0.2) is 16.1 Å². The van der Waals surface area contributed by atoms with Crippen molar-refractivity contribution in [3.05, 3.63) is 11.1 Å². The summed E-state index contributed by atoms with van der Waals surface area (Å²) < 4.78 is 0. The standard InChI is InChI=1S/C17H28N2O3.C5H11N/c1-7-8-9-12(15(20)21)13(10(2)3)14-18-16(22)17(6,19-14)11(4)5;1-2-4-6-5-3-1/h10-11H,7-9H2,1-6H3,(H,20,21)(H,18,19,22);6H,1-5H2. The topological polar surface area (TPSA) is 90.8 Å². The highest BCUT2D eigenvalue weighted by Crippen LogP contribution is 2.30. The average Bonchev–Trinajstić information content (AvgIpc) is 2.95. The van der Waals surface area contributed by atoms with Crippen LogP contribution in [0.1, 0.15) is 80.1 Å². The molecule has 28 heavy (non-hydrogen) atoms. The zero-order valence-corrected chi connectivity index (χ0v) is 18.5. The number of unbranched alkanes of at least 4 members (excludes halogenated alkanes) is 1. The number of carbonyl (C=O) groups excluding carboxylic acids is 1. The number of piperidine rings is 1. The summed E-state index contributed by atoms with van der Waals surface area (Å²) in [5.41, 5.74) is 0.187. The number of aliphatic imine (C=N–C) groups is 1. The number of aliphatic carboxylic acids is 1. The molecule has 0 saturated carbocycles. The molecule has 6 heteroatoms. The number of carboxylic acid groups (broad SMARTS) is 1. The Labute approximate surface area is 170 Å². The Morgan fingerprint density at radius 2 is 1.79 bits per heavy atom. The third kappa shape index (κ3) is 6.43. The number of amidine groups is 1. The Bertz CT molecular complexity index is 593. The molecule has 2 aliphatic rings. The minimum absolute atomic E-state index is 0.0171. The number of carboxylic acids is 1. The van der Waals surface area contributed by atoms with Crippen molar-refractivity contribution >= 4 is 17.7 Å². The zero-order chi connectivity index (χ0) is 21.3. The molecule has 0 aromatic heterocycles. The molecule has 0 spiro atoms. The largest absolute Gasteiger partial charge is 0.478 e. The van der Waals surface area contributed by atoms with Crippen LogP contribution in [0.25, 0.3) is 0 Å². The minimum atomic E-state index is -0.924. The van der Waals surface area contributed by atoms with E-state index < -0.39 is 11.5 Å². The number of amides is 1. The molecule has 0 radical (unpaired) electrons. The second kappa shape index (κ2) is 11.3. The summed E-state index contributed by atoms with van der Waals surface area (Å²) in [5.74, 6) is -0.619. The Balaban J connectivity index is 0.000000552. The van der Waals surface area contributed by atoms with Crippen LogP contribution in [-0.4, -0.2) is 41.4 Å². The van der Waals surface area contributed by atoms with Crippen molar-refractivity contribution in [1.29, 1.82) is 0 Å². The first-order valence-electron chi connectivity index (χ1n) is 10.7. The van der Waals surface area contributed by atoms with E-state index in [1.807, 2.05) is 34.6 Å². The second-order valence-electron chi connectivity index (χ2n) is 8.48. The van der Waals surface area contributed by atoms with Gasteiger partial charge in [0, 0.05) is 11.1 Å². The summed E-state index contributed by atoms with van der Waals surface area (Å²) in [6.45, 7) is 14.1. The molecule has 1 fully saturated rings. The molecule has 2 heterocycles. The highest BCUT2D eigenvalue weighted by Gasteiger charge is 2.43. The van der Waals surface area contributed by atoms with Gasteiger partial charge >= 0.3 is 5.97 Å².